The molecule has 0 aliphatic heterocycles. The van der Waals surface area contributed by atoms with Gasteiger partial charge in [0, 0.05) is 5.69 Å². The third-order valence-electron chi connectivity index (χ3n) is 2.55. The second kappa shape index (κ2) is 5.00. The predicted molar refractivity (Wildman–Crippen MR) is 71.9 cm³/mol. The predicted octanol–water partition coefficient (Wildman–Crippen LogP) is 2.08. The second-order valence-corrected chi connectivity index (χ2v) is 4.28. The zero-order valence-corrected chi connectivity index (χ0v) is 10.7. The highest BCUT2D eigenvalue weighted by Crippen LogP contribution is 2.21. The average molecular weight is 276 g/mol. The summed E-state index contributed by atoms with van der Waals surface area (Å²) in [7, 11) is 0. The molecule has 0 unspecified atom stereocenters. The lowest BCUT2D eigenvalue weighted by molar-refractivity contribution is 0.102. The molecule has 6 nitrogen and oxygen atoms in total. The molecule has 1 aromatic heterocycles. The van der Waals surface area contributed by atoms with E-state index in [1.54, 1.807) is 13.0 Å². The molecule has 0 aliphatic carbocycles. The number of nitrogens with one attached hydrogen (secondary N) is 2. The molecule has 1 aromatic carbocycles. The first-order chi connectivity index (χ1) is 9.02. The van der Waals surface area contributed by atoms with Crippen LogP contribution < -0.4 is 11.1 Å². The maximum atomic E-state index is 11.9. The van der Waals surface area contributed by atoms with Crippen molar-refractivity contribution in [2.45, 2.75) is 6.92 Å². The van der Waals surface area contributed by atoms with Gasteiger partial charge in [-0.2, -0.15) is 10.4 Å². The minimum Gasteiger partial charge on any atom is -0.395 e. The van der Waals surface area contributed by atoms with Crippen molar-refractivity contribution in [2.75, 3.05) is 11.1 Å². The van der Waals surface area contributed by atoms with Crippen molar-refractivity contribution in [3.63, 3.8) is 0 Å². The Hall–Kier alpha value is -2.52. The smallest absolute Gasteiger partial charge is 0.278 e. The molecule has 0 spiro atoms. The molecular formula is C12H10ClN5O. The third kappa shape index (κ3) is 2.51. The van der Waals surface area contributed by atoms with Gasteiger partial charge in [0.2, 0.25) is 0 Å². The zero-order valence-electron chi connectivity index (χ0n) is 9.99. The van der Waals surface area contributed by atoms with Gasteiger partial charge >= 0.3 is 0 Å². The van der Waals surface area contributed by atoms with E-state index in [-0.39, 0.29) is 11.3 Å². The van der Waals surface area contributed by atoms with E-state index in [2.05, 4.69) is 15.5 Å². The van der Waals surface area contributed by atoms with Crippen LogP contribution in [0.4, 0.5) is 11.4 Å². The topological polar surface area (TPSA) is 108 Å². The summed E-state index contributed by atoms with van der Waals surface area (Å²) < 4.78 is 0. The molecule has 2 aromatic rings. The van der Waals surface area contributed by atoms with E-state index >= 15 is 0 Å². The number of halogens is 1. The van der Waals surface area contributed by atoms with Gasteiger partial charge in [0.05, 0.1) is 22.0 Å². The molecule has 0 atom stereocenters. The number of anilines is 2. The number of benzene rings is 1. The van der Waals surface area contributed by atoms with Gasteiger partial charge in [-0.15, -0.1) is 0 Å². The molecule has 0 saturated heterocycles. The SMILES string of the molecule is Cc1[nH]nc(C(=O)Nc2ccc(Cl)c(C#N)c2)c1N. The number of amides is 1. The molecule has 0 radical (unpaired) electrons. The van der Waals surface area contributed by atoms with Gasteiger partial charge in [-0.1, -0.05) is 11.6 Å². The van der Waals surface area contributed by atoms with Gasteiger partial charge < -0.3 is 11.1 Å². The number of carbonyl (C=O) groups is 1. The van der Waals surface area contributed by atoms with Crippen molar-refractivity contribution in [3.05, 3.63) is 40.2 Å². The van der Waals surface area contributed by atoms with E-state index in [9.17, 15) is 4.79 Å². The summed E-state index contributed by atoms with van der Waals surface area (Å²) >= 11 is 5.81. The molecule has 2 rings (SSSR count). The maximum absolute atomic E-state index is 11.9. The fourth-order valence-electron chi connectivity index (χ4n) is 1.49. The van der Waals surface area contributed by atoms with Crippen LogP contribution in [0.15, 0.2) is 18.2 Å². The van der Waals surface area contributed by atoms with Gasteiger partial charge in [0.1, 0.15) is 6.07 Å². The van der Waals surface area contributed by atoms with Crippen molar-refractivity contribution in [1.82, 2.24) is 10.2 Å². The van der Waals surface area contributed by atoms with Crippen LogP contribution in [-0.4, -0.2) is 16.1 Å². The van der Waals surface area contributed by atoms with E-state index in [4.69, 9.17) is 22.6 Å². The van der Waals surface area contributed by atoms with Crippen molar-refractivity contribution < 1.29 is 4.79 Å². The number of nitriles is 1. The molecule has 7 heteroatoms. The van der Waals surface area contributed by atoms with Gasteiger partial charge in [0.25, 0.3) is 5.91 Å². The number of carbonyl (C=O) groups excluding carboxylic acids is 1. The number of H-pyrrole nitrogens is 1. The molecule has 4 N–H and O–H groups in total. The van der Waals surface area contributed by atoms with E-state index < -0.39 is 5.91 Å². The van der Waals surface area contributed by atoms with Gasteiger partial charge in [-0.3, -0.25) is 9.89 Å². The third-order valence-corrected chi connectivity index (χ3v) is 2.88. The summed E-state index contributed by atoms with van der Waals surface area (Å²) in [4.78, 5) is 11.9. The maximum Gasteiger partial charge on any atom is 0.278 e. The van der Waals surface area contributed by atoms with Gasteiger partial charge in [-0.25, -0.2) is 0 Å². The first kappa shape index (κ1) is 12.9. The van der Waals surface area contributed by atoms with Crippen LogP contribution in [0.3, 0.4) is 0 Å². The zero-order chi connectivity index (χ0) is 14.0. The van der Waals surface area contributed by atoms with Gasteiger partial charge in [0.15, 0.2) is 5.69 Å². The van der Waals surface area contributed by atoms with Gasteiger partial charge in [-0.05, 0) is 25.1 Å². The molecule has 19 heavy (non-hydrogen) atoms. The Morgan fingerprint density at radius 3 is 2.89 bits per heavy atom. The fraction of sp³-hybridized carbons (Fsp3) is 0.0833. The number of nitrogens with zero attached hydrogens (tertiary/aromatic N) is 2. The Kier molecular flexibility index (Phi) is 3.40. The minimum atomic E-state index is -0.451. The Bertz CT molecular complexity index is 686. The number of aromatic nitrogens is 2. The highest BCUT2D eigenvalue weighted by molar-refractivity contribution is 6.31. The number of rotatable bonds is 2. The largest absolute Gasteiger partial charge is 0.395 e. The molecule has 1 heterocycles. The lowest BCUT2D eigenvalue weighted by Crippen LogP contribution is -2.14. The minimum absolute atomic E-state index is 0.117. The molecule has 0 aliphatic rings. The normalized spacial score (nSPS) is 9.95. The summed E-state index contributed by atoms with van der Waals surface area (Å²) in [6, 6.07) is 6.55. The van der Waals surface area contributed by atoms with Crippen LogP contribution in [-0.2, 0) is 0 Å². The van der Waals surface area contributed by atoms with Crippen LogP contribution in [0.1, 0.15) is 21.7 Å². The standard InChI is InChI=1S/C12H10ClN5O/c1-6-10(15)11(18-17-6)12(19)16-8-2-3-9(13)7(4-8)5-14/h2-4H,15H2,1H3,(H,16,19)(H,17,18). The number of aromatic amines is 1. The molecule has 0 bridgehead atoms. The monoisotopic (exact) mass is 275 g/mol. The Labute approximate surface area is 114 Å². The number of hydrogen-bond acceptors (Lipinski definition) is 4. The van der Waals surface area contributed by atoms with Crippen LogP contribution >= 0.6 is 11.6 Å². The second-order valence-electron chi connectivity index (χ2n) is 3.87. The average Bonchev–Trinajstić information content (AvgIpc) is 2.72. The van der Waals surface area contributed by atoms with E-state index in [0.29, 0.717) is 22.1 Å². The van der Waals surface area contributed by atoms with Crippen molar-refractivity contribution in [2.24, 2.45) is 0 Å². The van der Waals surface area contributed by atoms with Crippen LogP contribution in [0, 0.1) is 18.3 Å². The molecule has 96 valence electrons. The summed E-state index contributed by atoms with van der Waals surface area (Å²) in [5.74, 6) is -0.451. The Morgan fingerprint density at radius 1 is 1.58 bits per heavy atom. The molecule has 0 fully saturated rings. The summed E-state index contributed by atoms with van der Waals surface area (Å²) in [5, 5.41) is 18.2. The quantitative estimate of drug-likeness (QED) is 0.780. The molecular weight excluding hydrogens is 266 g/mol. The van der Waals surface area contributed by atoms with Crippen molar-refractivity contribution in [3.8, 4) is 6.07 Å². The lowest BCUT2D eigenvalue weighted by atomic mass is 10.2. The number of nitrogen functional groups attached to an aromatic ring is 1. The Morgan fingerprint density at radius 2 is 2.32 bits per heavy atom. The summed E-state index contributed by atoms with van der Waals surface area (Å²) in [6.45, 7) is 1.72. The fourth-order valence-corrected chi connectivity index (χ4v) is 1.65. The van der Waals surface area contributed by atoms with Crippen LogP contribution in [0.25, 0.3) is 0 Å². The number of hydrogen-bond donors (Lipinski definition) is 3. The molecule has 0 saturated carbocycles. The lowest BCUT2D eigenvalue weighted by Gasteiger charge is -2.05. The van der Waals surface area contributed by atoms with E-state index in [1.807, 2.05) is 6.07 Å². The van der Waals surface area contributed by atoms with E-state index in [0.717, 1.165) is 0 Å². The summed E-state index contributed by atoms with van der Waals surface area (Å²) in [6.07, 6.45) is 0. The van der Waals surface area contributed by atoms with Crippen LogP contribution in [0.5, 0.6) is 0 Å². The molecule has 1 amide bonds. The first-order valence-electron chi connectivity index (χ1n) is 5.34. The summed E-state index contributed by atoms with van der Waals surface area (Å²) in [5.41, 5.74) is 7.48. The first-order valence-corrected chi connectivity index (χ1v) is 5.72. The van der Waals surface area contributed by atoms with Crippen molar-refractivity contribution in [1.29, 1.82) is 5.26 Å². The number of nitrogens with two attached hydrogens (primary N) is 1. The Balaban J connectivity index is 2.25. The highest BCUT2D eigenvalue weighted by Gasteiger charge is 2.15. The highest BCUT2D eigenvalue weighted by atomic mass is 35.5. The van der Waals surface area contributed by atoms with E-state index in [1.165, 1.54) is 12.1 Å². The number of aryl methyl sites for hydroxylation is 1. The van der Waals surface area contributed by atoms with Crippen LogP contribution in [0.2, 0.25) is 5.02 Å². The van der Waals surface area contributed by atoms with Crippen molar-refractivity contribution >= 4 is 28.9 Å².